The van der Waals surface area contributed by atoms with Crippen LogP contribution in [-0.4, -0.2) is 20.1 Å². The average Bonchev–Trinajstić information content (AvgIpc) is 3.05. The number of carbonyl (C=O) groups is 1. The van der Waals surface area contributed by atoms with Gasteiger partial charge < -0.3 is 14.8 Å². The van der Waals surface area contributed by atoms with Crippen molar-refractivity contribution in [1.82, 2.24) is 5.32 Å². The van der Waals surface area contributed by atoms with Gasteiger partial charge >= 0.3 is 0 Å². The van der Waals surface area contributed by atoms with E-state index in [0.29, 0.717) is 6.42 Å². The summed E-state index contributed by atoms with van der Waals surface area (Å²) in [7, 11) is 3.27. The number of ether oxygens (including phenoxy) is 2. The van der Waals surface area contributed by atoms with Crippen molar-refractivity contribution < 1.29 is 14.3 Å². The van der Waals surface area contributed by atoms with E-state index in [2.05, 4.69) is 5.32 Å². The summed E-state index contributed by atoms with van der Waals surface area (Å²) in [5.41, 5.74) is 0.941. The molecule has 1 aliphatic carbocycles. The summed E-state index contributed by atoms with van der Waals surface area (Å²) in [4.78, 5) is 12.2. The molecule has 0 aliphatic heterocycles. The molecule has 4 nitrogen and oxygen atoms in total. The highest BCUT2D eigenvalue weighted by atomic mass is 16.5. The van der Waals surface area contributed by atoms with Gasteiger partial charge in [0.2, 0.25) is 5.91 Å². The topological polar surface area (TPSA) is 47.6 Å². The van der Waals surface area contributed by atoms with Crippen LogP contribution in [0, 0.1) is 5.92 Å². The predicted octanol–water partition coefficient (Wildman–Crippen LogP) is 3.85. The van der Waals surface area contributed by atoms with E-state index in [0.717, 1.165) is 29.4 Å². The molecule has 4 heteroatoms. The Hall–Kier alpha value is -1.71. The molecule has 0 radical (unpaired) electrons. The first-order chi connectivity index (χ1) is 10.6. The van der Waals surface area contributed by atoms with Gasteiger partial charge in [-0.2, -0.15) is 0 Å². The summed E-state index contributed by atoms with van der Waals surface area (Å²) in [6.07, 6.45) is 6.83. The number of carbonyl (C=O) groups excluding carboxylic acids is 1. The number of rotatable bonds is 7. The van der Waals surface area contributed by atoms with Gasteiger partial charge in [-0.15, -0.1) is 0 Å². The second-order valence-corrected chi connectivity index (χ2v) is 6.09. The summed E-state index contributed by atoms with van der Waals surface area (Å²) in [5.74, 6) is 2.39. The molecule has 0 aromatic heterocycles. The maximum atomic E-state index is 12.2. The molecule has 1 aliphatic rings. The van der Waals surface area contributed by atoms with Crippen LogP contribution in [0.3, 0.4) is 0 Å². The van der Waals surface area contributed by atoms with Crippen molar-refractivity contribution in [2.24, 2.45) is 5.92 Å². The number of methoxy groups -OCH3 is 2. The highest BCUT2D eigenvalue weighted by molar-refractivity contribution is 5.76. The van der Waals surface area contributed by atoms with E-state index in [4.69, 9.17) is 9.47 Å². The monoisotopic (exact) mass is 305 g/mol. The second kappa shape index (κ2) is 8.06. The van der Waals surface area contributed by atoms with Gasteiger partial charge in [0.05, 0.1) is 20.3 Å². The van der Waals surface area contributed by atoms with E-state index < -0.39 is 0 Å². The molecular formula is C18H27NO3. The normalized spacial score (nSPS) is 16.3. The molecule has 122 valence electrons. The van der Waals surface area contributed by atoms with Gasteiger partial charge in [0.25, 0.3) is 0 Å². The molecule has 0 saturated heterocycles. The van der Waals surface area contributed by atoms with E-state index in [9.17, 15) is 4.79 Å². The minimum Gasteiger partial charge on any atom is -0.497 e. The van der Waals surface area contributed by atoms with E-state index in [-0.39, 0.29) is 11.9 Å². The van der Waals surface area contributed by atoms with Crippen molar-refractivity contribution in [1.29, 1.82) is 0 Å². The number of hydrogen-bond acceptors (Lipinski definition) is 3. The van der Waals surface area contributed by atoms with Crippen molar-refractivity contribution in [3.05, 3.63) is 23.8 Å². The number of hydrogen-bond donors (Lipinski definition) is 1. The molecular weight excluding hydrogens is 278 g/mol. The Balaban J connectivity index is 1.92. The van der Waals surface area contributed by atoms with Crippen LogP contribution in [-0.2, 0) is 4.79 Å². The van der Waals surface area contributed by atoms with Gasteiger partial charge in [0.1, 0.15) is 11.5 Å². The van der Waals surface area contributed by atoms with E-state index in [1.807, 2.05) is 25.1 Å². The van der Waals surface area contributed by atoms with Gasteiger partial charge in [-0.3, -0.25) is 4.79 Å². The van der Waals surface area contributed by atoms with Gasteiger partial charge in [0.15, 0.2) is 0 Å². The summed E-state index contributed by atoms with van der Waals surface area (Å²) in [6.45, 7) is 1.98. The number of benzene rings is 1. The van der Waals surface area contributed by atoms with Gasteiger partial charge in [0, 0.05) is 12.0 Å². The smallest absolute Gasteiger partial charge is 0.220 e. The lowest BCUT2D eigenvalue weighted by molar-refractivity contribution is -0.122. The van der Waals surface area contributed by atoms with Crippen LogP contribution < -0.4 is 14.8 Å². The van der Waals surface area contributed by atoms with Crippen LogP contribution in [0.5, 0.6) is 11.5 Å². The second-order valence-electron chi connectivity index (χ2n) is 6.09. The number of nitrogens with one attached hydrogen (secondary N) is 1. The number of amides is 1. The van der Waals surface area contributed by atoms with Crippen molar-refractivity contribution in [2.45, 2.75) is 51.5 Å². The molecule has 0 heterocycles. The van der Waals surface area contributed by atoms with E-state index in [1.165, 1.54) is 25.7 Å². The summed E-state index contributed by atoms with van der Waals surface area (Å²) in [5, 5.41) is 3.07. The Morgan fingerprint density at radius 3 is 2.64 bits per heavy atom. The Kier molecular flexibility index (Phi) is 6.10. The fraction of sp³-hybridized carbons (Fsp3) is 0.611. The van der Waals surface area contributed by atoms with Crippen molar-refractivity contribution >= 4 is 5.91 Å². The maximum Gasteiger partial charge on any atom is 0.220 e. The largest absolute Gasteiger partial charge is 0.497 e. The Labute approximate surface area is 133 Å². The highest BCUT2D eigenvalue weighted by Crippen LogP contribution is 2.30. The van der Waals surface area contributed by atoms with Crippen LogP contribution in [0.25, 0.3) is 0 Å². The SMILES string of the molecule is COc1ccc(OC)c([C@@H](C)NC(=O)CCC2CCCC2)c1. The first kappa shape index (κ1) is 16.7. The van der Waals surface area contributed by atoms with E-state index in [1.54, 1.807) is 14.2 Å². The quantitative estimate of drug-likeness (QED) is 0.832. The lowest BCUT2D eigenvalue weighted by atomic mass is 10.0. The van der Waals surface area contributed by atoms with Crippen molar-refractivity contribution in [2.75, 3.05) is 14.2 Å². The highest BCUT2D eigenvalue weighted by Gasteiger charge is 2.18. The van der Waals surface area contributed by atoms with Crippen LogP contribution in [0.2, 0.25) is 0 Å². The minimum absolute atomic E-state index is 0.0962. The molecule has 1 N–H and O–H groups in total. The van der Waals surface area contributed by atoms with Crippen molar-refractivity contribution in [3.63, 3.8) is 0 Å². The Morgan fingerprint density at radius 2 is 2.00 bits per heavy atom. The zero-order valence-corrected chi connectivity index (χ0v) is 13.9. The zero-order chi connectivity index (χ0) is 15.9. The lowest BCUT2D eigenvalue weighted by Gasteiger charge is -2.18. The molecule has 1 amide bonds. The molecule has 1 atom stereocenters. The summed E-state index contributed by atoms with van der Waals surface area (Å²) in [6, 6.07) is 5.55. The van der Waals surface area contributed by atoms with Crippen LogP contribution >= 0.6 is 0 Å². The molecule has 1 aromatic rings. The van der Waals surface area contributed by atoms with Gasteiger partial charge in [-0.25, -0.2) is 0 Å². The molecule has 0 unspecified atom stereocenters. The van der Waals surface area contributed by atoms with Gasteiger partial charge in [-0.05, 0) is 37.5 Å². The molecule has 22 heavy (non-hydrogen) atoms. The molecule has 1 fully saturated rings. The predicted molar refractivity (Wildman–Crippen MR) is 87.3 cm³/mol. The molecule has 0 spiro atoms. The molecule has 0 bridgehead atoms. The fourth-order valence-corrected chi connectivity index (χ4v) is 3.20. The minimum atomic E-state index is -0.0962. The van der Waals surface area contributed by atoms with Crippen LogP contribution in [0.4, 0.5) is 0 Å². The standard InChI is InChI=1S/C18H27NO3/c1-13(16-12-15(21-2)9-10-17(16)22-3)19-18(20)11-8-14-6-4-5-7-14/h9-10,12-14H,4-8,11H2,1-3H3,(H,19,20)/t13-/m1/s1. The van der Waals surface area contributed by atoms with Crippen LogP contribution in [0.15, 0.2) is 18.2 Å². The molecule has 1 aromatic carbocycles. The third-order valence-electron chi connectivity index (χ3n) is 4.54. The van der Waals surface area contributed by atoms with E-state index >= 15 is 0 Å². The molecule has 1 saturated carbocycles. The lowest BCUT2D eigenvalue weighted by Crippen LogP contribution is -2.27. The third-order valence-corrected chi connectivity index (χ3v) is 4.54. The summed E-state index contributed by atoms with van der Waals surface area (Å²) < 4.78 is 10.6. The third kappa shape index (κ3) is 4.39. The van der Waals surface area contributed by atoms with Crippen LogP contribution in [0.1, 0.15) is 57.1 Å². The van der Waals surface area contributed by atoms with Crippen molar-refractivity contribution in [3.8, 4) is 11.5 Å². The fourth-order valence-electron chi connectivity index (χ4n) is 3.20. The zero-order valence-electron chi connectivity index (χ0n) is 13.9. The average molecular weight is 305 g/mol. The summed E-state index contributed by atoms with van der Waals surface area (Å²) >= 11 is 0. The first-order valence-corrected chi connectivity index (χ1v) is 8.15. The Morgan fingerprint density at radius 1 is 1.27 bits per heavy atom. The first-order valence-electron chi connectivity index (χ1n) is 8.15. The Bertz CT molecular complexity index is 495. The molecule has 2 rings (SSSR count). The maximum absolute atomic E-state index is 12.2. The van der Waals surface area contributed by atoms with Gasteiger partial charge in [-0.1, -0.05) is 25.7 Å².